The highest BCUT2D eigenvalue weighted by Crippen LogP contribution is 2.25. The molecule has 0 aromatic heterocycles. The fourth-order valence-corrected chi connectivity index (χ4v) is 4.59. The molecule has 0 saturated carbocycles. The molecule has 1 amide bonds. The zero-order valence-electron chi connectivity index (χ0n) is 15.2. The van der Waals surface area contributed by atoms with E-state index in [4.69, 9.17) is 0 Å². The first-order valence-corrected chi connectivity index (χ1v) is 11.5. The van der Waals surface area contributed by atoms with E-state index in [1.54, 1.807) is 0 Å². The Balaban J connectivity index is 3.97. The van der Waals surface area contributed by atoms with E-state index in [0.717, 1.165) is 12.6 Å². The van der Waals surface area contributed by atoms with Gasteiger partial charge in [0.25, 0.3) is 0 Å². The van der Waals surface area contributed by atoms with Crippen LogP contribution in [0.2, 0.25) is 25.2 Å². The maximum absolute atomic E-state index is 12.0. The predicted octanol–water partition coefficient (Wildman–Crippen LogP) is 5.07. The van der Waals surface area contributed by atoms with Gasteiger partial charge in [-0.2, -0.15) is 0 Å². The van der Waals surface area contributed by atoms with Crippen molar-refractivity contribution in [1.29, 1.82) is 0 Å². The first-order chi connectivity index (χ1) is 8.81. The third-order valence-corrected chi connectivity index (χ3v) is 6.47. The lowest BCUT2D eigenvalue weighted by Crippen LogP contribution is -2.38. The fraction of sp³-hybridized carbons (Fsp3) is 0.941. The van der Waals surface area contributed by atoms with Gasteiger partial charge in [-0.15, -0.1) is 0 Å². The van der Waals surface area contributed by atoms with E-state index in [2.05, 4.69) is 60.0 Å². The lowest BCUT2D eigenvalue weighted by molar-refractivity contribution is -0.119. The van der Waals surface area contributed by atoms with Crippen LogP contribution in [0.5, 0.6) is 0 Å². The third kappa shape index (κ3) is 12.7. The van der Waals surface area contributed by atoms with Gasteiger partial charge in [-0.3, -0.25) is 4.79 Å². The minimum absolute atomic E-state index is 0.175. The molecule has 2 nitrogen and oxygen atoms in total. The van der Waals surface area contributed by atoms with Gasteiger partial charge in [0.15, 0.2) is 0 Å². The van der Waals surface area contributed by atoms with Gasteiger partial charge in [0, 0.05) is 12.6 Å². The maximum Gasteiger partial charge on any atom is 0.217 e. The van der Waals surface area contributed by atoms with Crippen LogP contribution >= 0.6 is 0 Å². The number of hydrogen-bond acceptors (Lipinski definition) is 1. The molecule has 0 aliphatic carbocycles. The summed E-state index contributed by atoms with van der Waals surface area (Å²) >= 11 is 0. The van der Waals surface area contributed by atoms with Crippen LogP contribution < -0.4 is 5.32 Å². The molecule has 0 fully saturated rings. The van der Waals surface area contributed by atoms with Gasteiger partial charge in [-0.05, 0) is 17.3 Å². The summed E-state index contributed by atoms with van der Waals surface area (Å²) in [5, 5.41) is 3.09. The molecule has 0 aliphatic rings. The van der Waals surface area contributed by atoms with Crippen molar-refractivity contribution in [3.05, 3.63) is 0 Å². The van der Waals surface area contributed by atoms with E-state index in [1.165, 1.54) is 25.3 Å². The summed E-state index contributed by atoms with van der Waals surface area (Å²) in [6.45, 7) is 18.8. The molecule has 120 valence electrons. The summed E-state index contributed by atoms with van der Waals surface area (Å²) in [5.74, 6) is 0.257. The van der Waals surface area contributed by atoms with Crippen LogP contribution in [0.3, 0.4) is 0 Å². The van der Waals surface area contributed by atoms with E-state index in [-0.39, 0.29) is 11.3 Å². The molecule has 0 atom stereocenters. The molecule has 0 radical (unpaired) electrons. The van der Waals surface area contributed by atoms with Crippen molar-refractivity contribution >= 4 is 14.0 Å². The highest BCUT2D eigenvalue weighted by atomic mass is 28.3. The monoisotopic (exact) mass is 299 g/mol. The number of rotatable bonds is 7. The van der Waals surface area contributed by atoms with Crippen molar-refractivity contribution < 1.29 is 4.79 Å². The van der Waals surface area contributed by atoms with Gasteiger partial charge in [0.2, 0.25) is 5.91 Å². The first kappa shape index (κ1) is 19.7. The molecule has 0 aromatic carbocycles. The quantitative estimate of drug-likeness (QED) is 0.516. The summed E-state index contributed by atoms with van der Waals surface area (Å²) in [4.78, 5) is 12.0. The first-order valence-electron chi connectivity index (χ1n) is 8.08. The number of unbranched alkanes of at least 4 members (excludes halogenated alkanes) is 1. The molecule has 0 heterocycles. The van der Waals surface area contributed by atoms with Gasteiger partial charge in [0.1, 0.15) is 0 Å². The second-order valence-corrected chi connectivity index (χ2v) is 14.6. The molecular weight excluding hydrogens is 262 g/mol. The summed E-state index contributed by atoms with van der Waals surface area (Å²) < 4.78 is 0. The van der Waals surface area contributed by atoms with Crippen LogP contribution in [0.25, 0.3) is 0 Å². The second kappa shape index (κ2) is 7.63. The van der Waals surface area contributed by atoms with Crippen LogP contribution in [0, 0.1) is 10.8 Å². The number of carbonyl (C=O) groups is 1. The van der Waals surface area contributed by atoms with Crippen LogP contribution in [-0.2, 0) is 4.79 Å². The fourth-order valence-electron chi connectivity index (χ4n) is 2.21. The standard InChI is InChI=1S/C17H37NOSi/c1-16(2,3)11-9-10-12-20(7,8)13-15(19)18-14-17(4,5)6/h9-14H2,1-8H3,(H,18,19). The van der Waals surface area contributed by atoms with E-state index in [1.807, 2.05) is 0 Å². The molecule has 0 aliphatic heterocycles. The van der Waals surface area contributed by atoms with Gasteiger partial charge in [-0.1, -0.05) is 73.5 Å². The summed E-state index contributed by atoms with van der Waals surface area (Å²) in [5.41, 5.74) is 0.615. The molecular formula is C17H37NOSi. The van der Waals surface area contributed by atoms with Crippen molar-refractivity contribution in [1.82, 2.24) is 5.32 Å². The Kier molecular flexibility index (Phi) is 7.51. The highest BCUT2D eigenvalue weighted by Gasteiger charge is 2.24. The van der Waals surface area contributed by atoms with Gasteiger partial charge >= 0.3 is 0 Å². The largest absolute Gasteiger partial charge is 0.356 e. The Labute approximate surface area is 128 Å². The Hall–Kier alpha value is -0.313. The Morgan fingerprint density at radius 1 is 0.950 bits per heavy atom. The minimum atomic E-state index is -1.37. The summed E-state index contributed by atoms with van der Waals surface area (Å²) in [7, 11) is -1.37. The maximum atomic E-state index is 12.0. The molecule has 20 heavy (non-hydrogen) atoms. The lowest BCUT2D eigenvalue weighted by atomic mass is 9.90. The number of carbonyl (C=O) groups excluding carboxylic acids is 1. The SMILES string of the molecule is CC(C)(C)CCCC[Si](C)(C)CC(=O)NCC(C)(C)C. The number of amides is 1. The van der Waals surface area contributed by atoms with Crippen LogP contribution in [0.15, 0.2) is 0 Å². The Morgan fingerprint density at radius 3 is 1.95 bits per heavy atom. The molecule has 0 bridgehead atoms. The zero-order valence-corrected chi connectivity index (χ0v) is 16.2. The minimum Gasteiger partial charge on any atom is -0.356 e. The molecule has 0 aromatic rings. The normalized spacial score (nSPS) is 13.4. The van der Waals surface area contributed by atoms with Crippen molar-refractivity contribution in [3.63, 3.8) is 0 Å². The molecule has 0 rings (SSSR count). The number of nitrogens with one attached hydrogen (secondary N) is 1. The number of hydrogen-bond donors (Lipinski definition) is 1. The van der Waals surface area contributed by atoms with Crippen molar-refractivity contribution in [2.24, 2.45) is 10.8 Å². The summed E-state index contributed by atoms with van der Waals surface area (Å²) in [6, 6.07) is 2.05. The van der Waals surface area contributed by atoms with Gasteiger partial charge in [-0.25, -0.2) is 0 Å². The lowest BCUT2D eigenvalue weighted by Gasteiger charge is -2.25. The molecule has 0 spiro atoms. The topological polar surface area (TPSA) is 29.1 Å². The van der Waals surface area contributed by atoms with E-state index in [9.17, 15) is 4.79 Å². The van der Waals surface area contributed by atoms with Crippen LogP contribution in [0.4, 0.5) is 0 Å². The van der Waals surface area contributed by atoms with Gasteiger partial charge in [0.05, 0.1) is 8.07 Å². The molecule has 3 heteroatoms. The Bertz CT molecular complexity index is 297. The molecule has 0 unspecified atom stereocenters. The predicted molar refractivity (Wildman–Crippen MR) is 92.9 cm³/mol. The van der Waals surface area contributed by atoms with Crippen molar-refractivity contribution in [2.75, 3.05) is 6.54 Å². The molecule has 1 N–H and O–H groups in total. The van der Waals surface area contributed by atoms with Crippen molar-refractivity contribution in [2.45, 2.75) is 86.0 Å². The van der Waals surface area contributed by atoms with Crippen LogP contribution in [-0.4, -0.2) is 20.5 Å². The molecule has 0 saturated heterocycles. The zero-order chi connectivity index (χ0) is 16.0. The Morgan fingerprint density at radius 2 is 1.50 bits per heavy atom. The third-order valence-electron chi connectivity index (χ3n) is 3.49. The van der Waals surface area contributed by atoms with Gasteiger partial charge < -0.3 is 5.32 Å². The van der Waals surface area contributed by atoms with Crippen molar-refractivity contribution in [3.8, 4) is 0 Å². The second-order valence-electron chi connectivity index (χ2n) is 9.45. The average molecular weight is 300 g/mol. The highest BCUT2D eigenvalue weighted by molar-refractivity contribution is 6.79. The van der Waals surface area contributed by atoms with E-state index < -0.39 is 8.07 Å². The smallest absolute Gasteiger partial charge is 0.217 e. The average Bonchev–Trinajstić information content (AvgIpc) is 2.19. The summed E-state index contributed by atoms with van der Waals surface area (Å²) in [6.07, 6.45) is 3.86. The van der Waals surface area contributed by atoms with E-state index >= 15 is 0 Å². The van der Waals surface area contributed by atoms with E-state index in [0.29, 0.717) is 5.41 Å². The van der Waals surface area contributed by atoms with Crippen LogP contribution in [0.1, 0.15) is 60.8 Å².